The van der Waals surface area contributed by atoms with E-state index >= 15 is 0 Å². The molecule has 1 aromatic heterocycles. The number of pyridine rings is 1. The molecule has 0 unspecified atom stereocenters. The number of fused-ring (bicyclic) bond motifs is 1. The number of aliphatic hydroxyl groups excluding tert-OH is 1. The van der Waals surface area contributed by atoms with E-state index in [1.165, 1.54) is 44.5 Å². The van der Waals surface area contributed by atoms with E-state index in [9.17, 15) is 5.11 Å². The predicted molar refractivity (Wildman–Crippen MR) is 136 cm³/mol. The molecule has 1 saturated heterocycles. The maximum atomic E-state index is 11.1. The molecule has 1 fully saturated rings. The van der Waals surface area contributed by atoms with E-state index in [0.717, 1.165) is 47.4 Å². The number of piperidine rings is 1. The van der Waals surface area contributed by atoms with Crippen molar-refractivity contribution in [2.75, 3.05) is 26.7 Å². The molecule has 4 heteroatoms. The van der Waals surface area contributed by atoms with Crippen molar-refractivity contribution in [3.05, 3.63) is 71.9 Å². The van der Waals surface area contributed by atoms with Crippen molar-refractivity contribution in [2.24, 2.45) is 11.8 Å². The molecule has 1 aliphatic heterocycles. The van der Waals surface area contributed by atoms with Gasteiger partial charge in [0, 0.05) is 18.1 Å². The van der Waals surface area contributed by atoms with Gasteiger partial charge in [-0.2, -0.15) is 0 Å². The molecular weight excluding hydrogens is 408 g/mol. The van der Waals surface area contributed by atoms with Crippen LogP contribution in [0.15, 0.2) is 60.8 Å². The van der Waals surface area contributed by atoms with Crippen molar-refractivity contribution in [1.29, 1.82) is 0 Å². The second kappa shape index (κ2) is 11.6. The fraction of sp³-hybridized carbons (Fsp3) is 0.483. The van der Waals surface area contributed by atoms with Crippen LogP contribution in [0.1, 0.15) is 56.3 Å². The Balaban J connectivity index is 1.30. The lowest BCUT2D eigenvalue weighted by atomic mass is 9.80. The highest BCUT2D eigenvalue weighted by Gasteiger charge is 2.28. The van der Waals surface area contributed by atoms with E-state index in [4.69, 9.17) is 4.74 Å². The first-order chi connectivity index (χ1) is 16.2. The van der Waals surface area contributed by atoms with Crippen molar-refractivity contribution in [3.63, 3.8) is 0 Å². The van der Waals surface area contributed by atoms with Crippen LogP contribution in [-0.2, 0) is 6.42 Å². The highest BCUT2D eigenvalue weighted by atomic mass is 16.5. The Kier molecular flexibility index (Phi) is 8.35. The van der Waals surface area contributed by atoms with Crippen molar-refractivity contribution >= 4 is 10.9 Å². The summed E-state index contributed by atoms with van der Waals surface area (Å²) in [5.41, 5.74) is 3.31. The van der Waals surface area contributed by atoms with E-state index in [0.29, 0.717) is 5.92 Å². The highest BCUT2D eigenvalue weighted by Crippen LogP contribution is 2.34. The third-order valence-electron chi connectivity index (χ3n) is 7.43. The molecule has 2 aromatic carbocycles. The van der Waals surface area contributed by atoms with Gasteiger partial charge >= 0.3 is 0 Å². The van der Waals surface area contributed by atoms with E-state index in [2.05, 4.69) is 47.1 Å². The quantitative estimate of drug-likeness (QED) is 0.412. The zero-order valence-electron chi connectivity index (χ0n) is 20.1. The molecule has 0 radical (unpaired) electrons. The smallest absolute Gasteiger partial charge is 0.119 e. The molecular formula is C29H38N2O2. The number of aryl methyl sites for hydroxylation is 1. The summed E-state index contributed by atoms with van der Waals surface area (Å²) in [5.74, 6) is 2.21. The van der Waals surface area contributed by atoms with Gasteiger partial charge in [0.25, 0.3) is 0 Å². The Labute approximate surface area is 198 Å². The first-order valence-corrected chi connectivity index (χ1v) is 12.5. The first-order valence-electron chi connectivity index (χ1n) is 12.5. The number of aromatic nitrogens is 1. The first kappa shape index (κ1) is 23.7. The summed E-state index contributed by atoms with van der Waals surface area (Å²) in [6, 6.07) is 18.6. The molecule has 1 aliphatic rings. The minimum atomic E-state index is -0.469. The summed E-state index contributed by atoms with van der Waals surface area (Å²) < 4.78 is 5.39. The molecule has 0 spiro atoms. The van der Waals surface area contributed by atoms with Gasteiger partial charge in [0.2, 0.25) is 0 Å². The summed E-state index contributed by atoms with van der Waals surface area (Å²) in [4.78, 5) is 7.11. The van der Waals surface area contributed by atoms with Gasteiger partial charge in [0.1, 0.15) is 5.75 Å². The van der Waals surface area contributed by atoms with Crippen LogP contribution in [0, 0.1) is 11.8 Å². The van der Waals surface area contributed by atoms with E-state index < -0.39 is 6.10 Å². The number of aliphatic hydroxyl groups is 1. The number of likely N-dealkylation sites (tertiary alicyclic amines) is 1. The predicted octanol–water partition coefficient (Wildman–Crippen LogP) is 6.04. The average Bonchev–Trinajstić information content (AvgIpc) is 2.87. The Morgan fingerprint density at radius 2 is 1.97 bits per heavy atom. The van der Waals surface area contributed by atoms with Gasteiger partial charge in [-0.3, -0.25) is 4.98 Å². The van der Waals surface area contributed by atoms with Gasteiger partial charge in [-0.15, -0.1) is 0 Å². The van der Waals surface area contributed by atoms with Crippen molar-refractivity contribution < 1.29 is 9.84 Å². The monoisotopic (exact) mass is 446 g/mol. The minimum Gasteiger partial charge on any atom is -0.497 e. The number of benzene rings is 2. The van der Waals surface area contributed by atoms with Gasteiger partial charge in [0.05, 0.1) is 18.7 Å². The summed E-state index contributed by atoms with van der Waals surface area (Å²) in [7, 11) is 1.67. The Hall–Kier alpha value is -2.43. The largest absolute Gasteiger partial charge is 0.497 e. The van der Waals surface area contributed by atoms with Crippen LogP contribution in [0.2, 0.25) is 0 Å². The van der Waals surface area contributed by atoms with Crippen LogP contribution < -0.4 is 4.74 Å². The Morgan fingerprint density at radius 3 is 2.76 bits per heavy atom. The third kappa shape index (κ3) is 6.13. The van der Waals surface area contributed by atoms with Crippen LogP contribution in [0.25, 0.3) is 10.9 Å². The normalized spacial score (nSPS) is 20.1. The highest BCUT2D eigenvalue weighted by molar-refractivity contribution is 5.83. The number of hydrogen-bond donors (Lipinski definition) is 1. The van der Waals surface area contributed by atoms with Gasteiger partial charge in [-0.05, 0) is 92.4 Å². The van der Waals surface area contributed by atoms with Gasteiger partial charge < -0.3 is 14.7 Å². The van der Waals surface area contributed by atoms with Crippen LogP contribution in [0.3, 0.4) is 0 Å². The number of methoxy groups -OCH3 is 1. The van der Waals surface area contributed by atoms with Gasteiger partial charge in [-0.1, -0.05) is 43.7 Å². The number of nitrogens with zero attached hydrogens (tertiary/aromatic N) is 2. The Morgan fingerprint density at radius 1 is 1.12 bits per heavy atom. The summed E-state index contributed by atoms with van der Waals surface area (Å²) >= 11 is 0. The molecule has 3 aromatic rings. The molecule has 0 aliphatic carbocycles. The second-order valence-corrected chi connectivity index (χ2v) is 9.48. The van der Waals surface area contributed by atoms with Crippen LogP contribution in [0.4, 0.5) is 0 Å². The molecule has 0 amide bonds. The van der Waals surface area contributed by atoms with E-state index in [-0.39, 0.29) is 0 Å². The molecule has 176 valence electrons. The fourth-order valence-corrected chi connectivity index (χ4v) is 5.44. The SMILES string of the molecule is CC[C@H]1CN(CCCc2ccccc2)CC[C@H]1CC[C@@H](O)c1ccnc2ccc(OC)cc12. The molecule has 0 bridgehead atoms. The summed E-state index contributed by atoms with van der Waals surface area (Å²) in [6.07, 6.45) is 8.04. The van der Waals surface area contributed by atoms with Gasteiger partial charge in [0.15, 0.2) is 0 Å². The molecule has 2 heterocycles. The fourth-order valence-electron chi connectivity index (χ4n) is 5.44. The zero-order valence-corrected chi connectivity index (χ0v) is 20.1. The summed E-state index contributed by atoms with van der Waals surface area (Å²) in [6.45, 7) is 5.89. The second-order valence-electron chi connectivity index (χ2n) is 9.48. The molecule has 33 heavy (non-hydrogen) atoms. The molecule has 4 nitrogen and oxygen atoms in total. The Bertz CT molecular complexity index is 1010. The molecule has 4 rings (SSSR count). The van der Waals surface area contributed by atoms with E-state index in [1.54, 1.807) is 13.3 Å². The minimum absolute atomic E-state index is 0.469. The van der Waals surface area contributed by atoms with Crippen molar-refractivity contribution in [3.8, 4) is 5.75 Å². The van der Waals surface area contributed by atoms with Crippen molar-refractivity contribution in [1.82, 2.24) is 9.88 Å². The van der Waals surface area contributed by atoms with Crippen LogP contribution in [-0.4, -0.2) is 41.7 Å². The lowest BCUT2D eigenvalue weighted by molar-refractivity contribution is 0.0908. The maximum Gasteiger partial charge on any atom is 0.119 e. The zero-order chi connectivity index (χ0) is 23.0. The number of hydrogen-bond acceptors (Lipinski definition) is 4. The summed E-state index contributed by atoms with van der Waals surface area (Å²) in [5, 5.41) is 12.1. The molecule has 3 atom stereocenters. The topological polar surface area (TPSA) is 45.6 Å². The molecule has 0 saturated carbocycles. The average molecular weight is 447 g/mol. The number of rotatable bonds is 10. The van der Waals surface area contributed by atoms with E-state index in [1.807, 2.05) is 24.3 Å². The number of ether oxygens (including phenoxy) is 1. The third-order valence-corrected chi connectivity index (χ3v) is 7.43. The maximum absolute atomic E-state index is 11.1. The standard InChI is InChI=1S/C29H38N2O2/c1-3-23-21-31(18-7-10-22-8-5-4-6-9-22)19-16-24(23)11-14-29(32)26-15-17-30-28-13-12-25(33-2)20-27(26)28/h4-6,8-9,12-13,15,17,20,23-24,29,32H,3,7,10-11,14,16,18-19,21H2,1-2H3/t23-,24+,29+/m0/s1. The lowest BCUT2D eigenvalue weighted by Crippen LogP contribution is -2.40. The van der Waals surface area contributed by atoms with Gasteiger partial charge in [-0.25, -0.2) is 0 Å². The molecule has 1 N–H and O–H groups in total. The van der Waals surface area contributed by atoms with Crippen LogP contribution >= 0.6 is 0 Å². The van der Waals surface area contributed by atoms with Crippen molar-refractivity contribution in [2.45, 2.75) is 51.6 Å². The lowest BCUT2D eigenvalue weighted by Gasteiger charge is -2.39. The van der Waals surface area contributed by atoms with Crippen LogP contribution in [0.5, 0.6) is 5.75 Å².